The zero-order valence-electron chi connectivity index (χ0n) is 17.1. The van der Waals surface area contributed by atoms with Crippen molar-refractivity contribution < 1.29 is 29.4 Å². The Morgan fingerprint density at radius 1 is 1.13 bits per heavy atom. The van der Waals surface area contributed by atoms with E-state index >= 15 is 0 Å². The highest BCUT2D eigenvalue weighted by atomic mass is 32.1. The van der Waals surface area contributed by atoms with E-state index in [0.717, 1.165) is 13.0 Å². The molecule has 1 saturated heterocycles. The number of unbranched alkanes of at least 4 members (excludes halogenated alkanes) is 1. The van der Waals surface area contributed by atoms with Crippen LogP contribution in [0, 0.1) is 0 Å². The summed E-state index contributed by atoms with van der Waals surface area (Å²) in [7, 11) is 0. The van der Waals surface area contributed by atoms with Gasteiger partial charge in [0.05, 0.1) is 12.1 Å². The van der Waals surface area contributed by atoms with E-state index in [1.54, 1.807) is 0 Å². The van der Waals surface area contributed by atoms with Crippen LogP contribution >= 0.6 is 12.6 Å². The van der Waals surface area contributed by atoms with Gasteiger partial charge in [0.25, 0.3) is 0 Å². The Kier molecular flexibility index (Phi) is 11.7. The van der Waals surface area contributed by atoms with Gasteiger partial charge in [0.1, 0.15) is 12.1 Å². The maximum absolute atomic E-state index is 12.7. The van der Waals surface area contributed by atoms with Crippen LogP contribution < -0.4 is 27.0 Å². The molecule has 1 heterocycles. The minimum Gasteiger partial charge on any atom is -0.480 e. The summed E-state index contributed by atoms with van der Waals surface area (Å²) in [6.45, 7) is 2.37. The third-order valence-corrected chi connectivity index (χ3v) is 5.18. The third kappa shape index (κ3) is 8.46. The summed E-state index contributed by atoms with van der Waals surface area (Å²) in [5.41, 5.74) is 5.47. The third-order valence-electron chi connectivity index (χ3n) is 4.82. The Balaban J connectivity index is 2.79. The monoisotopic (exact) mass is 447 g/mol. The van der Waals surface area contributed by atoms with Crippen LogP contribution in [0.3, 0.4) is 0 Å². The predicted molar refractivity (Wildman–Crippen MR) is 113 cm³/mol. The minimum atomic E-state index is -1.51. The average molecular weight is 448 g/mol. The fourth-order valence-electron chi connectivity index (χ4n) is 3.05. The average Bonchev–Trinajstić information content (AvgIpc) is 3.23. The first-order valence-corrected chi connectivity index (χ1v) is 10.7. The van der Waals surface area contributed by atoms with Gasteiger partial charge in [0, 0.05) is 5.75 Å². The molecule has 0 saturated carbocycles. The predicted octanol–water partition coefficient (Wildman–Crippen LogP) is -2.28. The van der Waals surface area contributed by atoms with Crippen molar-refractivity contribution in [3.8, 4) is 0 Å². The minimum absolute atomic E-state index is 0.0207. The SMILES string of the molecule is CC(O)C(NC(=O)C(CCCCN)NC(=O)C(CS)NC(=O)C1CCCN1)C(=O)O. The number of carbonyl (C=O) groups is 4. The lowest BCUT2D eigenvalue weighted by molar-refractivity contribution is -0.145. The van der Waals surface area contributed by atoms with Crippen molar-refractivity contribution in [2.45, 2.75) is 69.3 Å². The summed E-state index contributed by atoms with van der Waals surface area (Å²) in [5.74, 6) is -3.03. The van der Waals surface area contributed by atoms with Gasteiger partial charge >= 0.3 is 5.97 Å². The normalized spacial score (nSPS) is 19.9. The lowest BCUT2D eigenvalue weighted by Gasteiger charge is -2.25. The topological polar surface area (TPSA) is 183 Å². The van der Waals surface area contributed by atoms with Crippen LogP contribution in [0.5, 0.6) is 0 Å². The highest BCUT2D eigenvalue weighted by Crippen LogP contribution is 2.07. The molecule has 1 aliphatic heterocycles. The molecule has 5 unspecified atom stereocenters. The molecule has 0 aromatic carbocycles. The molecule has 0 aliphatic carbocycles. The first-order valence-electron chi connectivity index (χ1n) is 10.1. The molecule has 0 aromatic heterocycles. The van der Waals surface area contributed by atoms with Gasteiger partial charge in [-0.3, -0.25) is 14.4 Å². The number of nitrogens with one attached hydrogen (secondary N) is 4. The lowest BCUT2D eigenvalue weighted by Crippen LogP contribution is -2.58. The van der Waals surface area contributed by atoms with E-state index in [4.69, 9.17) is 10.8 Å². The first-order chi connectivity index (χ1) is 14.2. The van der Waals surface area contributed by atoms with Gasteiger partial charge < -0.3 is 37.2 Å². The molecule has 1 aliphatic rings. The summed E-state index contributed by atoms with van der Waals surface area (Å²) in [6.07, 6.45) is 1.57. The van der Waals surface area contributed by atoms with Crippen molar-refractivity contribution in [1.82, 2.24) is 21.3 Å². The van der Waals surface area contributed by atoms with Crippen LogP contribution in [-0.2, 0) is 19.2 Å². The maximum atomic E-state index is 12.7. The number of rotatable bonds is 13. The smallest absolute Gasteiger partial charge is 0.328 e. The zero-order valence-corrected chi connectivity index (χ0v) is 18.0. The van der Waals surface area contributed by atoms with Crippen molar-refractivity contribution in [2.24, 2.45) is 5.73 Å². The van der Waals surface area contributed by atoms with Crippen LogP contribution in [0.1, 0.15) is 39.0 Å². The fraction of sp³-hybridized carbons (Fsp3) is 0.778. The van der Waals surface area contributed by atoms with E-state index in [-0.39, 0.29) is 24.1 Å². The number of aliphatic hydroxyl groups is 1. The van der Waals surface area contributed by atoms with Gasteiger partial charge in [-0.1, -0.05) is 0 Å². The number of carbonyl (C=O) groups excluding carboxylic acids is 3. The van der Waals surface area contributed by atoms with Crippen LogP contribution in [0.2, 0.25) is 0 Å². The number of nitrogens with two attached hydrogens (primary N) is 1. The summed E-state index contributed by atoms with van der Waals surface area (Å²) in [5, 5.41) is 29.2. The van der Waals surface area contributed by atoms with Gasteiger partial charge in [0.15, 0.2) is 6.04 Å². The van der Waals surface area contributed by atoms with Gasteiger partial charge in [-0.2, -0.15) is 12.6 Å². The number of aliphatic hydroxyl groups excluding tert-OH is 1. The molecule has 3 amide bonds. The second-order valence-corrected chi connectivity index (χ2v) is 7.67. The molecular formula is C18H33N5O6S. The Labute approximate surface area is 181 Å². The molecule has 5 atom stereocenters. The number of amides is 3. The van der Waals surface area contributed by atoms with Gasteiger partial charge in [0.2, 0.25) is 17.7 Å². The second-order valence-electron chi connectivity index (χ2n) is 7.30. The molecule has 8 N–H and O–H groups in total. The number of hydrogen-bond donors (Lipinski definition) is 8. The summed E-state index contributed by atoms with van der Waals surface area (Å²) >= 11 is 4.12. The summed E-state index contributed by atoms with van der Waals surface area (Å²) in [4.78, 5) is 48.8. The van der Waals surface area contributed by atoms with E-state index < -0.39 is 42.0 Å². The van der Waals surface area contributed by atoms with E-state index in [0.29, 0.717) is 25.8 Å². The van der Waals surface area contributed by atoms with Gasteiger partial charge in [-0.05, 0) is 52.1 Å². The molecule has 0 radical (unpaired) electrons. The van der Waals surface area contributed by atoms with Crippen molar-refractivity contribution in [2.75, 3.05) is 18.8 Å². The van der Waals surface area contributed by atoms with E-state index in [1.165, 1.54) is 6.92 Å². The largest absolute Gasteiger partial charge is 0.480 e. The van der Waals surface area contributed by atoms with Crippen molar-refractivity contribution in [1.29, 1.82) is 0 Å². The van der Waals surface area contributed by atoms with Crippen LogP contribution in [0.4, 0.5) is 0 Å². The quantitative estimate of drug-likeness (QED) is 0.115. The summed E-state index contributed by atoms with van der Waals surface area (Å²) in [6, 6.07) is -3.89. The van der Waals surface area contributed by atoms with Crippen molar-refractivity contribution >= 4 is 36.3 Å². The molecule has 12 heteroatoms. The van der Waals surface area contributed by atoms with Crippen LogP contribution in [0.25, 0.3) is 0 Å². The molecule has 11 nitrogen and oxygen atoms in total. The van der Waals surface area contributed by atoms with Gasteiger partial charge in [-0.25, -0.2) is 4.79 Å². The van der Waals surface area contributed by atoms with Crippen LogP contribution in [-0.4, -0.2) is 83.0 Å². The maximum Gasteiger partial charge on any atom is 0.328 e. The molecule has 1 fully saturated rings. The zero-order chi connectivity index (χ0) is 22.7. The highest BCUT2D eigenvalue weighted by Gasteiger charge is 2.32. The van der Waals surface area contributed by atoms with E-state index in [1.807, 2.05) is 0 Å². The number of carboxylic acids is 1. The number of carboxylic acid groups (broad SMARTS) is 1. The van der Waals surface area contributed by atoms with Crippen molar-refractivity contribution in [3.63, 3.8) is 0 Å². The standard InChI is InChI=1S/C18H33N5O6S/c1-10(24)14(18(28)29)23-16(26)12(5-2-3-7-19)21-17(27)13(9-30)22-15(25)11-6-4-8-20-11/h10-14,20,24,30H,2-9,19H2,1H3,(H,21,27)(H,22,25)(H,23,26)(H,28,29). The second kappa shape index (κ2) is 13.4. The molecule has 172 valence electrons. The Hall–Kier alpha value is -1.89. The summed E-state index contributed by atoms with van der Waals surface area (Å²) < 4.78 is 0. The number of thiol groups is 1. The lowest BCUT2D eigenvalue weighted by atomic mass is 10.1. The first kappa shape index (κ1) is 26.1. The van der Waals surface area contributed by atoms with E-state index in [9.17, 15) is 24.3 Å². The highest BCUT2D eigenvalue weighted by molar-refractivity contribution is 7.80. The Morgan fingerprint density at radius 3 is 2.30 bits per heavy atom. The molecule has 0 aromatic rings. The number of hydrogen-bond acceptors (Lipinski definition) is 8. The Morgan fingerprint density at radius 2 is 1.80 bits per heavy atom. The molecule has 0 spiro atoms. The molecule has 0 bridgehead atoms. The Bertz CT molecular complexity index is 600. The number of aliphatic carboxylic acids is 1. The van der Waals surface area contributed by atoms with Crippen LogP contribution in [0.15, 0.2) is 0 Å². The molecular weight excluding hydrogens is 414 g/mol. The molecule has 1 rings (SSSR count). The fourth-order valence-corrected chi connectivity index (χ4v) is 3.31. The van der Waals surface area contributed by atoms with E-state index in [2.05, 4.69) is 33.9 Å². The van der Waals surface area contributed by atoms with Gasteiger partial charge in [-0.15, -0.1) is 0 Å². The molecule has 30 heavy (non-hydrogen) atoms. The van der Waals surface area contributed by atoms with Crippen molar-refractivity contribution in [3.05, 3.63) is 0 Å².